The minimum Gasteiger partial charge on any atom is -0.272 e. The van der Waals surface area contributed by atoms with Gasteiger partial charge in [-0.1, -0.05) is 30.7 Å². The number of halogens is 1. The summed E-state index contributed by atoms with van der Waals surface area (Å²) in [5, 5.41) is 5.05. The molecule has 0 fully saturated rings. The fourth-order valence-electron chi connectivity index (χ4n) is 1.53. The molecule has 15 heavy (non-hydrogen) atoms. The lowest BCUT2D eigenvalue weighted by atomic mass is 10.1. The molecule has 0 unspecified atom stereocenters. The van der Waals surface area contributed by atoms with Crippen LogP contribution in [0, 0.1) is 0 Å². The summed E-state index contributed by atoms with van der Waals surface area (Å²) in [7, 11) is 0. The Morgan fingerprint density at radius 1 is 1.33 bits per heavy atom. The zero-order valence-electron chi connectivity index (χ0n) is 8.65. The van der Waals surface area contributed by atoms with Crippen LogP contribution in [-0.4, -0.2) is 9.78 Å². The SMILES string of the molecule is CCCn1cc(-c2cccc(Cl)c2)cn1. The van der Waals surface area contributed by atoms with E-state index in [9.17, 15) is 0 Å². The monoisotopic (exact) mass is 220 g/mol. The van der Waals surface area contributed by atoms with E-state index in [-0.39, 0.29) is 0 Å². The number of hydrogen-bond donors (Lipinski definition) is 0. The number of benzene rings is 1. The van der Waals surface area contributed by atoms with E-state index in [2.05, 4.69) is 18.2 Å². The van der Waals surface area contributed by atoms with E-state index in [0.717, 1.165) is 29.1 Å². The van der Waals surface area contributed by atoms with Crippen LogP contribution < -0.4 is 0 Å². The number of nitrogens with zero attached hydrogens (tertiary/aromatic N) is 2. The Labute approximate surface area is 94.5 Å². The zero-order valence-corrected chi connectivity index (χ0v) is 9.41. The summed E-state index contributed by atoms with van der Waals surface area (Å²) in [4.78, 5) is 0. The van der Waals surface area contributed by atoms with E-state index >= 15 is 0 Å². The maximum atomic E-state index is 5.94. The molecule has 0 aliphatic rings. The van der Waals surface area contributed by atoms with Crippen LogP contribution in [0.5, 0.6) is 0 Å². The Balaban J connectivity index is 2.29. The lowest BCUT2D eigenvalue weighted by Crippen LogP contribution is -1.95. The van der Waals surface area contributed by atoms with Crippen LogP contribution in [0.25, 0.3) is 11.1 Å². The van der Waals surface area contributed by atoms with Crippen molar-refractivity contribution in [3.05, 3.63) is 41.7 Å². The molecule has 0 saturated carbocycles. The van der Waals surface area contributed by atoms with Gasteiger partial charge in [0.25, 0.3) is 0 Å². The van der Waals surface area contributed by atoms with Crippen molar-refractivity contribution in [2.75, 3.05) is 0 Å². The van der Waals surface area contributed by atoms with Crippen molar-refractivity contribution in [2.45, 2.75) is 19.9 Å². The topological polar surface area (TPSA) is 17.8 Å². The van der Waals surface area contributed by atoms with Gasteiger partial charge in [0.05, 0.1) is 6.20 Å². The highest BCUT2D eigenvalue weighted by atomic mass is 35.5. The van der Waals surface area contributed by atoms with Crippen molar-refractivity contribution in [1.29, 1.82) is 0 Å². The lowest BCUT2D eigenvalue weighted by molar-refractivity contribution is 0.603. The smallest absolute Gasteiger partial charge is 0.0568 e. The molecule has 0 atom stereocenters. The van der Waals surface area contributed by atoms with Crippen LogP contribution in [0.15, 0.2) is 36.7 Å². The Morgan fingerprint density at radius 2 is 2.20 bits per heavy atom. The Bertz CT molecular complexity index is 448. The van der Waals surface area contributed by atoms with Crippen LogP contribution in [0.3, 0.4) is 0 Å². The average molecular weight is 221 g/mol. The maximum absolute atomic E-state index is 5.94. The lowest BCUT2D eigenvalue weighted by Gasteiger charge is -1.97. The van der Waals surface area contributed by atoms with Crippen molar-refractivity contribution in [3.63, 3.8) is 0 Å². The third-order valence-electron chi connectivity index (χ3n) is 2.24. The Kier molecular flexibility index (Phi) is 3.07. The number of hydrogen-bond acceptors (Lipinski definition) is 1. The highest BCUT2D eigenvalue weighted by Crippen LogP contribution is 2.21. The minimum absolute atomic E-state index is 0.760. The van der Waals surface area contributed by atoms with Crippen molar-refractivity contribution < 1.29 is 0 Å². The van der Waals surface area contributed by atoms with Crippen LogP contribution in [0.4, 0.5) is 0 Å². The predicted molar refractivity (Wildman–Crippen MR) is 63.0 cm³/mol. The first-order valence-corrected chi connectivity index (χ1v) is 5.46. The first-order valence-electron chi connectivity index (χ1n) is 5.08. The van der Waals surface area contributed by atoms with E-state index in [1.54, 1.807) is 0 Å². The van der Waals surface area contributed by atoms with E-state index in [4.69, 9.17) is 11.6 Å². The molecular weight excluding hydrogens is 208 g/mol. The van der Waals surface area contributed by atoms with E-state index in [0.29, 0.717) is 0 Å². The minimum atomic E-state index is 0.760. The molecule has 0 bridgehead atoms. The molecule has 1 aromatic heterocycles. The summed E-state index contributed by atoms with van der Waals surface area (Å²) >= 11 is 5.94. The molecule has 0 amide bonds. The quantitative estimate of drug-likeness (QED) is 0.773. The predicted octanol–water partition coefficient (Wildman–Crippen LogP) is 3.61. The van der Waals surface area contributed by atoms with Crippen LogP contribution in [0.1, 0.15) is 13.3 Å². The molecule has 0 aliphatic heterocycles. The summed E-state index contributed by atoms with van der Waals surface area (Å²) in [6.45, 7) is 3.10. The van der Waals surface area contributed by atoms with Gasteiger partial charge in [0.2, 0.25) is 0 Å². The first kappa shape index (κ1) is 10.2. The number of rotatable bonds is 3. The third-order valence-corrected chi connectivity index (χ3v) is 2.48. The molecule has 0 N–H and O–H groups in total. The van der Waals surface area contributed by atoms with Crippen LogP contribution in [0.2, 0.25) is 5.02 Å². The van der Waals surface area contributed by atoms with Gasteiger partial charge in [-0.05, 0) is 24.1 Å². The molecule has 78 valence electrons. The van der Waals surface area contributed by atoms with E-state index in [1.165, 1.54) is 0 Å². The molecule has 1 heterocycles. The summed E-state index contributed by atoms with van der Waals surface area (Å²) < 4.78 is 1.95. The van der Waals surface area contributed by atoms with Gasteiger partial charge in [-0.25, -0.2) is 0 Å². The first-order chi connectivity index (χ1) is 7.29. The van der Waals surface area contributed by atoms with Gasteiger partial charge in [0.15, 0.2) is 0 Å². The average Bonchev–Trinajstić information content (AvgIpc) is 2.67. The molecule has 0 spiro atoms. The van der Waals surface area contributed by atoms with E-state index in [1.807, 2.05) is 35.1 Å². The molecule has 0 aliphatic carbocycles. The Morgan fingerprint density at radius 3 is 2.93 bits per heavy atom. The van der Waals surface area contributed by atoms with Crippen molar-refractivity contribution in [3.8, 4) is 11.1 Å². The van der Waals surface area contributed by atoms with E-state index < -0.39 is 0 Å². The molecule has 2 rings (SSSR count). The second kappa shape index (κ2) is 4.49. The molecule has 1 aromatic carbocycles. The fourth-order valence-corrected chi connectivity index (χ4v) is 1.72. The molecule has 2 nitrogen and oxygen atoms in total. The van der Waals surface area contributed by atoms with Gasteiger partial charge in [-0.2, -0.15) is 5.10 Å². The molecule has 0 radical (unpaired) electrons. The highest BCUT2D eigenvalue weighted by molar-refractivity contribution is 6.30. The molecular formula is C12H13ClN2. The largest absolute Gasteiger partial charge is 0.272 e. The second-order valence-electron chi connectivity index (χ2n) is 3.50. The van der Waals surface area contributed by atoms with Crippen molar-refractivity contribution in [2.24, 2.45) is 0 Å². The standard InChI is InChI=1S/C12H13ClN2/c1-2-6-15-9-11(8-14-15)10-4-3-5-12(13)7-10/h3-5,7-9H,2,6H2,1H3. The molecule has 2 aromatic rings. The summed E-state index contributed by atoms with van der Waals surface area (Å²) in [5.41, 5.74) is 2.23. The maximum Gasteiger partial charge on any atom is 0.0568 e. The van der Waals surface area contributed by atoms with Gasteiger partial charge in [-0.15, -0.1) is 0 Å². The highest BCUT2D eigenvalue weighted by Gasteiger charge is 2.01. The van der Waals surface area contributed by atoms with Gasteiger partial charge in [0.1, 0.15) is 0 Å². The van der Waals surface area contributed by atoms with Crippen LogP contribution >= 0.6 is 11.6 Å². The summed E-state index contributed by atoms with van der Waals surface area (Å²) in [6.07, 6.45) is 5.02. The van der Waals surface area contributed by atoms with Crippen molar-refractivity contribution in [1.82, 2.24) is 9.78 Å². The third kappa shape index (κ3) is 2.39. The summed E-state index contributed by atoms with van der Waals surface area (Å²) in [5.74, 6) is 0. The van der Waals surface area contributed by atoms with Gasteiger partial charge < -0.3 is 0 Å². The van der Waals surface area contributed by atoms with Crippen molar-refractivity contribution >= 4 is 11.6 Å². The van der Waals surface area contributed by atoms with Gasteiger partial charge in [-0.3, -0.25) is 4.68 Å². The zero-order chi connectivity index (χ0) is 10.7. The number of aryl methyl sites for hydroxylation is 1. The molecule has 0 saturated heterocycles. The Hall–Kier alpha value is -1.28. The number of aromatic nitrogens is 2. The summed E-state index contributed by atoms with van der Waals surface area (Å²) in [6, 6.07) is 7.82. The van der Waals surface area contributed by atoms with Gasteiger partial charge in [0, 0.05) is 23.3 Å². The van der Waals surface area contributed by atoms with Gasteiger partial charge >= 0.3 is 0 Å². The second-order valence-corrected chi connectivity index (χ2v) is 3.94. The fraction of sp³-hybridized carbons (Fsp3) is 0.250. The normalized spacial score (nSPS) is 10.5. The van der Waals surface area contributed by atoms with Crippen LogP contribution in [-0.2, 0) is 6.54 Å². The molecule has 3 heteroatoms.